The number of hydrogen-bond donors (Lipinski definition) is 2. The van der Waals surface area contributed by atoms with E-state index in [0.29, 0.717) is 6.54 Å². The Labute approximate surface area is 104 Å². The summed E-state index contributed by atoms with van der Waals surface area (Å²) in [7, 11) is 0. The Morgan fingerprint density at radius 3 is 2.65 bits per heavy atom. The second-order valence-corrected chi connectivity index (χ2v) is 5.28. The topological polar surface area (TPSA) is 44.4 Å². The third kappa shape index (κ3) is 5.04. The molecule has 0 heterocycles. The molecule has 2 N–H and O–H groups in total. The molecule has 2 saturated carbocycles. The normalized spacial score (nSPS) is 19.6. The van der Waals surface area contributed by atoms with Crippen LogP contribution in [0.4, 0.5) is 0 Å². The SMILES string of the molecule is CCN(CCNC(=O)CNCC1CC1)C1CC1. The molecule has 0 saturated heterocycles. The van der Waals surface area contributed by atoms with Gasteiger partial charge in [0.25, 0.3) is 0 Å². The van der Waals surface area contributed by atoms with E-state index >= 15 is 0 Å². The van der Waals surface area contributed by atoms with Gasteiger partial charge in [-0.25, -0.2) is 0 Å². The number of carbonyl (C=O) groups excluding carboxylic acids is 1. The monoisotopic (exact) mass is 239 g/mol. The lowest BCUT2D eigenvalue weighted by atomic mass is 10.4. The second-order valence-electron chi connectivity index (χ2n) is 5.28. The van der Waals surface area contributed by atoms with Gasteiger partial charge in [-0.15, -0.1) is 0 Å². The summed E-state index contributed by atoms with van der Waals surface area (Å²) in [6, 6.07) is 0.796. The number of carbonyl (C=O) groups is 1. The van der Waals surface area contributed by atoms with Gasteiger partial charge in [0.15, 0.2) is 0 Å². The van der Waals surface area contributed by atoms with Crippen molar-refractivity contribution >= 4 is 5.91 Å². The Hall–Kier alpha value is -0.610. The molecule has 98 valence electrons. The van der Waals surface area contributed by atoms with Gasteiger partial charge in [-0.3, -0.25) is 9.69 Å². The van der Waals surface area contributed by atoms with Crippen molar-refractivity contribution in [2.75, 3.05) is 32.7 Å². The van der Waals surface area contributed by atoms with Gasteiger partial charge in [-0.2, -0.15) is 0 Å². The molecule has 0 radical (unpaired) electrons. The van der Waals surface area contributed by atoms with Crippen molar-refractivity contribution in [3.8, 4) is 0 Å². The van der Waals surface area contributed by atoms with Crippen LogP contribution in [0.3, 0.4) is 0 Å². The highest BCUT2D eigenvalue weighted by atomic mass is 16.1. The van der Waals surface area contributed by atoms with Crippen molar-refractivity contribution in [3.05, 3.63) is 0 Å². The summed E-state index contributed by atoms with van der Waals surface area (Å²) in [4.78, 5) is 14.0. The highest BCUT2D eigenvalue weighted by Crippen LogP contribution is 2.27. The number of rotatable bonds is 9. The molecule has 1 amide bonds. The van der Waals surface area contributed by atoms with Crippen LogP contribution in [0.5, 0.6) is 0 Å². The van der Waals surface area contributed by atoms with Gasteiger partial charge in [0.2, 0.25) is 5.91 Å². The van der Waals surface area contributed by atoms with Crippen molar-refractivity contribution < 1.29 is 4.79 Å². The molecule has 4 heteroatoms. The highest BCUT2D eigenvalue weighted by Gasteiger charge is 2.27. The van der Waals surface area contributed by atoms with Crippen LogP contribution in [0, 0.1) is 5.92 Å². The maximum absolute atomic E-state index is 11.5. The van der Waals surface area contributed by atoms with Crippen LogP contribution in [0.2, 0.25) is 0 Å². The van der Waals surface area contributed by atoms with Crippen LogP contribution in [-0.2, 0) is 4.79 Å². The second kappa shape index (κ2) is 6.36. The molecule has 0 aromatic rings. The molecule has 0 aromatic heterocycles. The van der Waals surface area contributed by atoms with Crippen molar-refractivity contribution in [3.63, 3.8) is 0 Å². The van der Waals surface area contributed by atoms with E-state index in [1.54, 1.807) is 0 Å². The fourth-order valence-corrected chi connectivity index (χ4v) is 2.15. The van der Waals surface area contributed by atoms with E-state index in [9.17, 15) is 4.79 Å². The molecule has 2 aliphatic rings. The van der Waals surface area contributed by atoms with Gasteiger partial charge in [0, 0.05) is 19.1 Å². The van der Waals surface area contributed by atoms with E-state index < -0.39 is 0 Å². The summed E-state index contributed by atoms with van der Waals surface area (Å²) in [6.45, 7) is 6.56. The number of nitrogens with one attached hydrogen (secondary N) is 2. The summed E-state index contributed by atoms with van der Waals surface area (Å²) >= 11 is 0. The van der Waals surface area contributed by atoms with E-state index in [4.69, 9.17) is 0 Å². The first-order chi connectivity index (χ1) is 8.29. The predicted octanol–water partition coefficient (Wildman–Crippen LogP) is 0.587. The van der Waals surface area contributed by atoms with Crippen LogP contribution < -0.4 is 10.6 Å². The Kier molecular flexibility index (Phi) is 4.80. The van der Waals surface area contributed by atoms with Gasteiger partial charge in [0.05, 0.1) is 6.54 Å². The van der Waals surface area contributed by atoms with Gasteiger partial charge in [-0.05, 0) is 44.7 Å². The third-order valence-electron chi connectivity index (χ3n) is 3.61. The first-order valence-corrected chi connectivity index (χ1v) is 7.01. The molecule has 2 aliphatic carbocycles. The molecular weight excluding hydrogens is 214 g/mol. The maximum Gasteiger partial charge on any atom is 0.234 e. The molecule has 0 aromatic carbocycles. The van der Waals surface area contributed by atoms with Crippen molar-refractivity contribution in [2.24, 2.45) is 5.92 Å². The molecule has 2 rings (SSSR count). The molecule has 0 spiro atoms. The summed E-state index contributed by atoms with van der Waals surface area (Å²) in [5.74, 6) is 0.978. The third-order valence-corrected chi connectivity index (χ3v) is 3.61. The quantitative estimate of drug-likeness (QED) is 0.619. The number of hydrogen-bond acceptors (Lipinski definition) is 3. The van der Waals surface area contributed by atoms with E-state index in [1.807, 2.05) is 0 Å². The lowest BCUT2D eigenvalue weighted by molar-refractivity contribution is -0.120. The molecule has 0 unspecified atom stereocenters. The molecule has 4 nitrogen and oxygen atoms in total. The average molecular weight is 239 g/mol. The minimum atomic E-state index is 0.137. The summed E-state index contributed by atoms with van der Waals surface area (Å²) < 4.78 is 0. The smallest absolute Gasteiger partial charge is 0.234 e. The molecule has 0 aliphatic heterocycles. The molecule has 0 atom stereocenters. The van der Waals surface area contributed by atoms with Crippen molar-refractivity contribution in [2.45, 2.75) is 38.6 Å². The highest BCUT2D eigenvalue weighted by molar-refractivity contribution is 5.77. The van der Waals surface area contributed by atoms with Gasteiger partial charge >= 0.3 is 0 Å². The Balaban J connectivity index is 1.46. The van der Waals surface area contributed by atoms with Crippen LogP contribution in [0.25, 0.3) is 0 Å². The molecule has 2 fully saturated rings. The first kappa shape index (κ1) is 12.8. The summed E-state index contributed by atoms with van der Waals surface area (Å²) in [6.07, 6.45) is 5.35. The summed E-state index contributed by atoms with van der Waals surface area (Å²) in [5.41, 5.74) is 0. The first-order valence-electron chi connectivity index (χ1n) is 7.01. The van der Waals surface area contributed by atoms with E-state index in [1.165, 1.54) is 25.7 Å². The van der Waals surface area contributed by atoms with E-state index in [-0.39, 0.29) is 5.91 Å². The van der Waals surface area contributed by atoms with Gasteiger partial charge in [-0.1, -0.05) is 6.92 Å². The molecular formula is C13H25N3O. The minimum absolute atomic E-state index is 0.137. The van der Waals surface area contributed by atoms with Crippen molar-refractivity contribution in [1.82, 2.24) is 15.5 Å². The Morgan fingerprint density at radius 2 is 2.06 bits per heavy atom. The zero-order valence-corrected chi connectivity index (χ0v) is 10.9. The van der Waals surface area contributed by atoms with Crippen LogP contribution in [-0.4, -0.2) is 49.6 Å². The van der Waals surface area contributed by atoms with Gasteiger partial charge < -0.3 is 10.6 Å². The average Bonchev–Trinajstić information content (AvgIpc) is 3.15. The van der Waals surface area contributed by atoms with E-state index in [0.717, 1.165) is 38.1 Å². The van der Waals surface area contributed by atoms with Crippen LogP contribution in [0.15, 0.2) is 0 Å². The maximum atomic E-state index is 11.5. The Morgan fingerprint density at radius 1 is 1.29 bits per heavy atom. The van der Waals surface area contributed by atoms with Crippen LogP contribution in [0.1, 0.15) is 32.6 Å². The minimum Gasteiger partial charge on any atom is -0.354 e. The molecule has 17 heavy (non-hydrogen) atoms. The lowest BCUT2D eigenvalue weighted by Gasteiger charge is -2.19. The standard InChI is InChI=1S/C13H25N3O/c1-2-16(12-5-6-12)8-7-15-13(17)10-14-9-11-3-4-11/h11-12,14H,2-10H2,1H3,(H,15,17). The van der Waals surface area contributed by atoms with Crippen LogP contribution >= 0.6 is 0 Å². The lowest BCUT2D eigenvalue weighted by Crippen LogP contribution is -2.40. The fourth-order valence-electron chi connectivity index (χ4n) is 2.15. The largest absolute Gasteiger partial charge is 0.354 e. The summed E-state index contributed by atoms with van der Waals surface area (Å²) in [5, 5.41) is 6.19. The number of nitrogens with zero attached hydrogens (tertiary/aromatic N) is 1. The predicted molar refractivity (Wildman–Crippen MR) is 68.9 cm³/mol. The molecule has 0 bridgehead atoms. The fraction of sp³-hybridized carbons (Fsp3) is 0.923. The van der Waals surface area contributed by atoms with E-state index in [2.05, 4.69) is 22.5 Å². The Bertz CT molecular complexity index is 249. The van der Waals surface area contributed by atoms with Crippen molar-refractivity contribution in [1.29, 1.82) is 0 Å². The van der Waals surface area contributed by atoms with Gasteiger partial charge in [0.1, 0.15) is 0 Å². The number of likely N-dealkylation sites (N-methyl/N-ethyl adjacent to an activating group) is 1. The zero-order valence-electron chi connectivity index (χ0n) is 10.9. The number of amides is 1. The zero-order chi connectivity index (χ0) is 12.1.